The van der Waals surface area contributed by atoms with Gasteiger partial charge in [-0.25, -0.2) is 14.8 Å². The van der Waals surface area contributed by atoms with Crippen LogP contribution in [-0.4, -0.2) is 34.6 Å². The Morgan fingerprint density at radius 2 is 1.87 bits per heavy atom. The van der Waals surface area contributed by atoms with E-state index in [4.69, 9.17) is 9.47 Å². The van der Waals surface area contributed by atoms with Gasteiger partial charge in [0.05, 0.1) is 5.69 Å². The highest BCUT2D eigenvalue weighted by atomic mass is 35.5. The number of aryl methyl sites for hydroxylation is 1. The Balaban J connectivity index is 0.00000341. The molecule has 1 fully saturated rings. The van der Waals surface area contributed by atoms with Crippen LogP contribution >= 0.6 is 12.4 Å². The molecular formula is C24H34ClN3O3. The molecule has 1 saturated heterocycles. The van der Waals surface area contributed by atoms with Gasteiger partial charge in [-0.2, -0.15) is 0 Å². The number of aromatic nitrogens is 2. The van der Waals surface area contributed by atoms with Crippen molar-refractivity contribution in [2.45, 2.75) is 65.6 Å². The van der Waals surface area contributed by atoms with E-state index in [0.29, 0.717) is 29.8 Å². The number of carbonyl (C=O) groups excluding carboxylic acids is 1. The molecule has 0 amide bonds. The zero-order valence-electron chi connectivity index (χ0n) is 18.9. The van der Waals surface area contributed by atoms with Gasteiger partial charge in [-0.05, 0) is 71.5 Å². The van der Waals surface area contributed by atoms with Gasteiger partial charge in [0.15, 0.2) is 11.4 Å². The molecule has 1 aliphatic rings. The van der Waals surface area contributed by atoms with Gasteiger partial charge in [0.2, 0.25) is 0 Å². The molecule has 1 unspecified atom stereocenters. The Labute approximate surface area is 191 Å². The summed E-state index contributed by atoms with van der Waals surface area (Å²) < 4.78 is 11.6. The number of rotatable bonds is 6. The summed E-state index contributed by atoms with van der Waals surface area (Å²) in [4.78, 5) is 22.3. The maximum Gasteiger partial charge on any atom is 0.361 e. The van der Waals surface area contributed by atoms with E-state index in [1.165, 1.54) is 0 Å². The van der Waals surface area contributed by atoms with Crippen LogP contribution in [0, 0.1) is 12.8 Å². The number of nitrogens with zero attached hydrogens (tertiary/aromatic N) is 2. The summed E-state index contributed by atoms with van der Waals surface area (Å²) in [6, 6.07) is 9.85. The lowest BCUT2D eigenvalue weighted by Gasteiger charge is -2.21. The Hall–Kier alpha value is -2.18. The van der Waals surface area contributed by atoms with E-state index in [1.807, 2.05) is 58.0 Å². The van der Waals surface area contributed by atoms with E-state index in [0.717, 1.165) is 44.3 Å². The lowest BCUT2D eigenvalue weighted by atomic mass is 9.96. The summed E-state index contributed by atoms with van der Waals surface area (Å²) in [6.45, 7) is 9.84. The minimum Gasteiger partial charge on any atom is -0.484 e. The summed E-state index contributed by atoms with van der Waals surface area (Å²) >= 11 is 0. The normalized spacial score (nSPS) is 16.7. The zero-order chi connectivity index (χ0) is 21.6. The highest BCUT2D eigenvalue weighted by Crippen LogP contribution is 2.26. The predicted octanol–water partition coefficient (Wildman–Crippen LogP) is 4.67. The van der Waals surface area contributed by atoms with Gasteiger partial charge >= 0.3 is 5.97 Å². The van der Waals surface area contributed by atoms with Gasteiger partial charge < -0.3 is 14.8 Å². The molecule has 3 rings (SSSR count). The monoisotopic (exact) mass is 447 g/mol. The van der Waals surface area contributed by atoms with Crippen LogP contribution in [-0.2, 0) is 17.8 Å². The second kappa shape index (κ2) is 11.4. The van der Waals surface area contributed by atoms with Crippen LogP contribution in [0.4, 0.5) is 0 Å². The van der Waals surface area contributed by atoms with Crippen LogP contribution in [0.5, 0.6) is 5.75 Å². The third kappa shape index (κ3) is 7.78. The Morgan fingerprint density at radius 1 is 1.13 bits per heavy atom. The number of carbonyl (C=O) groups is 1. The van der Waals surface area contributed by atoms with Gasteiger partial charge in [0.1, 0.15) is 18.0 Å². The summed E-state index contributed by atoms with van der Waals surface area (Å²) in [5, 5.41) is 3.44. The standard InChI is InChI=1S/C24H33N3O3.ClH/c1-17-22(29-16-19-9-6-5-7-10-19)21(23(28)30-24(2,3)4)27-20(26-17)15-18-11-8-13-25-14-12-18;/h5-7,9-10,18,25H,8,11-16H2,1-4H3;1H. The Bertz CT molecular complexity index is 845. The molecule has 2 heterocycles. The predicted molar refractivity (Wildman–Crippen MR) is 124 cm³/mol. The van der Waals surface area contributed by atoms with Crippen LogP contribution in [0.1, 0.15) is 67.6 Å². The highest BCUT2D eigenvalue weighted by molar-refractivity contribution is 5.90. The third-order valence-corrected chi connectivity index (χ3v) is 5.07. The first-order chi connectivity index (χ1) is 14.3. The van der Waals surface area contributed by atoms with Crippen molar-refractivity contribution in [2.75, 3.05) is 13.1 Å². The maximum absolute atomic E-state index is 12.9. The number of hydrogen-bond acceptors (Lipinski definition) is 6. The van der Waals surface area contributed by atoms with Crippen molar-refractivity contribution in [1.82, 2.24) is 15.3 Å². The zero-order valence-corrected chi connectivity index (χ0v) is 19.8. The Kier molecular flexibility index (Phi) is 9.26. The van der Waals surface area contributed by atoms with Crippen molar-refractivity contribution >= 4 is 18.4 Å². The van der Waals surface area contributed by atoms with Gasteiger partial charge in [-0.1, -0.05) is 30.3 Å². The number of halogens is 1. The van der Waals surface area contributed by atoms with E-state index in [9.17, 15) is 4.79 Å². The van der Waals surface area contributed by atoms with Crippen molar-refractivity contribution in [1.29, 1.82) is 0 Å². The van der Waals surface area contributed by atoms with Crippen LogP contribution in [0.2, 0.25) is 0 Å². The lowest BCUT2D eigenvalue weighted by Crippen LogP contribution is -2.26. The summed E-state index contributed by atoms with van der Waals surface area (Å²) in [5.74, 6) is 1.13. The van der Waals surface area contributed by atoms with E-state index >= 15 is 0 Å². The molecule has 1 aromatic carbocycles. The van der Waals surface area contributed by atoms with Crippen LogP contribution in [0.15, 0.2) is 30.3 Å². The fourth-order valence-corrected chi connectivity index (χ4v) is 3.63. The van der Waals surface area contributed by atoms with Gasteiger partial charge in [-0.3, -0.25) is 0 Å². The minimum absolute atomic E-state index is 0. The molecule has 1 aromatic heterocycles. The molecule has 0 saturated carbocycles. The summed E-state index contributed by atoms with van der Waals surface area (Å²) in [5.41, 5.74) is 1.29. The number of hydrogen-bond donors (Lipinski definition) is 1. The van der Waals surface area contributed by atoms with Crippen molar-refractivity contribution in [3.63, 3.8) is 0 Å². The molecule has 0 radical (unpaired) electrons. The second-order valence-corrected chi connectivity index (χ2v) is 8.93. The number of ether oxygens (including phenoxy) is 2. The van der Waals surface area contributed by atoms with E-state index in [1.54, 1.807) is 0 Å². The summed E-state index contributed by atoms with van der Waals surface area (Å²) in [7, 11) is 0. The highest BCUT2D eigenvalue weighted by Gasteiger charge is 2.26. The van der Waals surface area contributed by atoms with Gasteiger partial charge in [-0.15, -0.1) is 12.4 Å². The van der Waals surface area contributed by atoms with Gasteiger partial charge in [0.25, 0.3) is 0 Å². The lowest BCUT2D eigenvalue weighted by molar-refractivity contribution is 0.00572. The molecule has 0 bridgehead atoms. The first-order valence-electron chi connectivity index (χ1n) is 10.8. The fraction of sp³-hybridized carbons (Fsp3) is 0.542. The number of nitrogens with one attached hydrogen (secondary N) is 1. The van der Waals surface area contributed by atoms with Crippen molar-refractivity contribution in [3.05, 3.63) is 53.1 Å². The minimum atomic E-state index is -0.611. The largest absolute Gasteiger partial charge is 0.484 e. The average Bonchev–Trinajstić information content (AvgIpc) is 2.95. The van der Waals surface area contributed by atoms with Gasteiger partial charge in [0, 0.05) is 6.42 Å². The smallest absolute Gasteiger partial charge is 0.361 e. The molecule has 170 valence electrons. The Morgan fingerprint density at radius 3 is 2.58 bits per heavy atom. The molecular weight excluding hydrogens is 414 g/mol. The molecule has 7 heteroatoms. The molecule has 6 nitrogen and oxygen atoms in total. The van der Waals surface area contributed by atoms with Crippen molar-refractivity contribution < 1.29 is 14.3 Å². The van der Waals surface area contributed by atoms with Crippen LogP contribution in [0.3, 0.4) is 0 Å². The SMILES string of the molecule is Cc1nc(CC2CCCNCC2)nc(C(=O)OC(C)(C)C)c1OCc1ccccc1.Cl. The molecule has 1 atom stereocenters. The van der Waals surface area contributed by atoms with Crippen molar-refractivity contribution in [3.8, 4) is 5.75 Å². The summed E-state index contributed by atoms with van der Waals surface area (Å²) in [6.07, 6.45) is 4.15. The second-order valence-electron chi connectivity index (χ2n) is 8.93. The molecule has 0 spiro atoms. The molecule has 1 aliphatic heterocycles. The van der Waals surface area contributed by atoms with Crippen molar-refractivity contribution in [2.24, 2.45) is 5.92 Å². The topological polar surface area (TPSA) is 73.3 Å². The van der Waals surface area contributed by atoms with Crippen LogP contribution in [0.25, 0.3) is 0 Å². The molecule has 2 aromatic rings. The first-order valence-corrected chi connectivity index (χ1v) is 10.8. The first kappa shape index (κ1) is 25.1. The third-order valence-electron chi connectivity index (χ3n) is 5.07. The van der Waals surface area contributed by atoms with E-state index in [-0.39, 0.29) is 18.1 Å². The fourth-order valence-electron chi connectivity index (χ4n) is 3.63. The quantitative estimate of drug-likeness (QED) is 0.648. The number of esters is 1. The number of benzene rings is 1. The molecule has 0 aliphatic carbocycles. The maximum atomic E-state index is 12.9. The molecule has 1 N–H and O–H groups in total. The van der Waals surface area contributed by atoms with Crippen LogP contribution < -0.4 is 10.1 Å². The molecule has 31 heavy (non-hydrogen) atoms. The van der Waals surface area contributed by atoms with E-state index < -0.39 is 11.6 Å². The van der Waals surface area contributed by atoms with E-state index in [2.05, 4.69) is 15.3 Å². The average molecular weight is 448 g/mol.